The largest absolute Gasteiger partial charge is 0.479 e. The van der Waals surface area contributed by atoms with Gasteiger partial charge in [-0.2, -0.15) is 0 Å². The molecule has 0 bridgehead atoms. The first-order chi connectivity index (χ1) is 20.4. The third-order valence-electron chi connectivity index (χ3n) is 8.60. The Kier molecular flexibility index (Phi) is 7.82. The molecule has 3 heterocycles. The maximum Gasteiger partial charge on any atom is 0.330 e. The second kappa shape index (κ2) is 11.8. The van der Waals surface area contributed by atoms with Crippen molar-refractivity contribution in [3.05, 3.63) is 78.9 Å². The third-order valence-corrected chi connectivity index (χ3v) is 8.60. The van der Waals surface area contributed by atoms with Crippen LogP contribution in [0.25, 0.3) is 10.9 Å². The number of pyridine rings is 1. The fraction of sp³-hybridized carbons (Fsp3) is 0.394. The summed E-state index contributed by atoms with van der Waals surface area (Å²) in [6.45, 7) is 0.196. The van der Waals surface area contributed by atoms with Crippen LogP contribution in [-0.4, -0.2) is 63.0 Å². The molecule has 9 nitrogen and oxygen atoms in total. The summed E-state index contributed by atoms with van der Waals surface area (Å²) in [5, 5.41) is 17.3. The minimum atomic E-state index is -1.34. The van der Waals surface area contributed by atoms with Gasteiger partial charge < -0.3 is 25.4 Å². The van der Waals surface area contributed by atoms with E-state index in [1.165, 1.54) is 0 Å². The highest BCUT2D eigenvalue weighted by molar-refractivity contribution is 5.96. The van der Waals surface area contributed by atoms with Gasteiger partial charge in [0.15, 0.2) is 0 Å². The molecule has 0 unspecified atom stereocenters. The maximum atomic E-state index is 14.2. The number of para-hydroxylation sites is 2. The molecule has 1 aliphatic carbocycles. The van der Waals surface area contributed by atoms with E-state index >= 15 is 0 Å². The molecule has 0 radical (unpaired) electrons. The Morgan fingerprint density at radius 1 is 1.02 bits per heavy atom. The van der Waals surface area contributed by atoms with Crippen molar-refractivity contribution in [2.75, 3.05) is 11.9 Å². The number of hydrogen-bond acceptors (Lipinski definition) is 6. The average molecular weight is 569 g/mol. The molecule has 1 aromatic heterocycles. The molecule has 3 aliphatic rings. The number of benzene rings is 2. The van der Waals surface area contributed by atoms with Gasteiger partial charge in [0, 0.05) is 29.5 Å². The van der Waals surface area contributed by atoms with Crippen LogP contribution < -0.4 is 15.4 Å². The molecule has 0 spiro atoms. The summed E-state index contributed by atoms with van der Waals surface area (Å²) >= 11 is 0. The van der Waals surface area contributed by atoms with Gasteiger partial charge in [-0.3, -0.25) is 9.59 Å². The lowest BCUT2D eigenvalue weighted by Gasteiger charge is -2.30. The van der Waals surface area contributed by atoms with Crippen LogP contribution in [0.5, 0.6) is 5.88 Å². The van der Waals surface area contributed by atoms with E-state index in [1.807, 2.05) is 72.8 Å². The minimum absolute atomic E-state index is 0.193. The van der Waals surface area contributed by atoms with Crippen molar-refractivity contribution < 1.29 is 24.2 Å². The number of nitrogens with one attached hydrogen (secondary N) is 2. The van der Waals surface area contributed by atoms with E-state index in [0.29, 0.717) is 18.7 Å². The Morgan fingerprint density at radius 3 is 2.67 bits per heavy atom. The maximum absolute atomic E-state index is 14.2. The number of carbonyl (C=O) groups is 3. The molecule has 9 heteroatoms. The Morgan fingerprint density at radius 2 is 1.83 bits per heavy atom. The number of allylic oxidation sites excluding steroid dienone is 1. The Balaban J connectivity index is 1.28. The highest BCUT2D eigenvalue weighted by Gasteiger charge is 2.61. The van der Waals surface area contributed by atoms with Crippen molar-refractivity contribution in [3.63, 3.8) is 0 Å². The number of aromatic nitrogens is 1. The molecule has 42 heavy (non-hydrogen) atoms. The number of carbonyl (C=O) groups excluding carboxylic acids is 2. The predicted molar refractivity (Wildman–Crippen MR) is 159 cm³/mol. The zero-order valence-electron chi connectivity index (χ0n) is 23.4. The Hall–Kier alpha value is -4.40. The third kappa shape index (κ3) is 5.82. The number of fused-ring (bicyclic) bond motifs is 3. The van der Waals surface area contributed by atoms with Gasteiger partial charge in [0.2, 0.25) is 17.7 Å². The molecule has 1 saturated heterocycles. The van der Waals surface area contributed by atoms with Gasteiger partial charge in [0.1, 0.15) is 23.7 Å². The van der Waals surface area contributed by atoms with E-state index < -0.39 is 35.6 Å². The summed E-state index contributed by atoms with van der Waals surface area (Å²) in [6, 6.07) is 19.6. The Labute approximate surface area is 245 Å². The molecule has 218 valence electrons. The van der Waals surface area contributed by atoms with Crippen molar-refractivity contribution in [1.29, 1.82) is 0 Å². The number of nitrogens with zero attached hydrogens (tertiary/aromatic N) is 2. The van der Waals surface area contributed by atoms with Crippen molar-refractivity contribution >= 4 is 34.4 Å². The first-order valence-corrected chi connectivity index (χ1v) is 14.8. The van der Waals surface area contributed by atoms with Crippen LogP contribution in [0.1, 0.15) is 44.9 Å². The number of carboxylic acid groups (broad SMARTS) is 1. The average Bonchev–Trinajstić information content (AvgIpc) is 3.53. The predicted octanol–water partition coefficient (Wildman–Crippen LogP) is 4.54. The molecule has 3 N–H and O–H groups in total. The second-order valence-electron chi connectivity index (χ2n) is 11.5. The van der Waals surface area contributed by atoms with Crippen LogP contribution >= 0.6 is 0 Å². The lowest BCUT2D eigenvalue weighted by Crippen LogP contribution is -2.55. The van der Waals surface area contributed by atoms with E-state index in [0.717, 1.165) is 42.3 Å². The van der Waals surface area contributed by atoms with Crippen LogP contribution in [-0.2, 0) is 14.4 Å². The zero-order valence-corrected chi connectivity index (χ0v) is 23.4. The standard InChI is InChI=1S/C33H36N4O5/c38-30-28-19-25(42-29-18-17-22-11-9-10-15-26(22)35-29)21-37(28)31(39)27(34-24-13-6-4-7-14-24)16-8-3-1-2-5-12-23-20-33(23,36-30)32(40)41/h4-7,9-15,17-18,23,25,27-28,34H,1-3,8,16,19-21H2,(H,36,38)(H,40,41)/b12-5-/t23-,25+,27-,28-,33+/m0/s1. The van der Waals surface area contributed by atoms with Gasteiger partial charge in [0.05, 0.1) is 12.1 Å². The van der Waals surface area contributed by atoms with E-state index in [9.17, 15) is 19.5 Å². The number of ether oxygens (including phenoxy) is 1. The molecular weight excluding hydrogens is 532 g/mol. The molecule has 2 aromatic carbocycles. The quantitative estimate of drug-likeness (QED) is 0.387. The second-order valence-corrected chi connectivity index (χ2v) is 11.5. The molecule has 5 atom stereocenters. The summed E-state index contributed by atoms with van der Waals surface area (Å²) in [5.41, 5.74) is 0.277. The van der Waals surface area contributed by atoms with E-state index in [1.54, 1.807) is 11.0 Å². The van der Waals surface area contributed by atoms with Gasteiger partial charge in [-0.15, -0.1) is 0 Å². The van der Waals surface area contributed by atoms with Gasteiger partial charge >= 0.3 is 5.97 Å². The first-order valence-electron chi connectivity index (χ1n) is 14.8. The van der Waals surface area contributed by atoms with Crippen molar-refractivity contribution in [2.45, 2.75) is 68.7 Å². The van der Waals surface area contributed by atoms with Crippen LogP contribution in [0.3, 0.4) is 0 Å². The van der Waals surface area contributed by atoms with E-state index in [-0.39, 0.29) is 24.8 Å². The summed E-state index contributed by atoms with van der Waals surface area (Å²) in [4.78, 5) is 46.5. The summed E-state index contributed by atoms with van der Waals surface area (Å²) in [5.74, 6) is -1.56. The molecule has 1 saturated carbocycles. The van der Waals surface area contributed by atoms with E-state index in [2.05, 4.69) is 15.6 Å². The lowest BCUT2D eigenvalue weighted by atomic mass is 10.0. The number of aliphatic carboxylic acids is 1. The number of hydrogen-bond donors (Lipinski definition) is 3. The summed E-state index contributed by atoms with van der Waals surface area (Å²) < 4.78 is 6.25. The monoisotopic (exact) mass is 568 g/mol. The number of anilines is 1. The van der Waals surface area contributed by atoms with Crippen molar-refractivity contribution in [2.24, 2.45) is 5.92 Å². The van der Waals surface area contributed by atoms with Crippen molar-refractivity contribution in [3.8, 4) is 5.88 Å². The molecule has 3 aromatic rings. The number of carboxylic acids is 1. The normalized spacial score (nSPS) is 28.9. The Bertz CT molecular complexity index is 1490. The number of rotatable bonds is 5. The summed E-state index contributed by atoms with van der Waals surface area (Å²) in [6.07, 6.45) is 8.22. The summed E-state index contributed by atoms with van der Waals surface area (Å²) in [7, 11) is 0. The van der Waals surface area contributed by atoms with Gasteiger partial charge in [-0.25, -0.2) is 9.78 Å². The molecule has 6 rings (SSSR count). The van der Waals surface area contributed by atoms with Gasteiger partial charge in [-0.05, 0) is 49.9 Å². The first kappa shape index (κ1) is 27.8. The van der Waals surface area contributed by atoms with Crippen LogP contribution in [0.15, 0.2) is 78.9 Å². The van der Waals surface area contributed by atoms with Gasteiger partial charge in [0.25, 0.3) is 0 Å². The molecular formula is C33H36N4O5. The molecule has 2 amide bonds. The van der Waals surface area contributed by atoms with Gasteiger partial charge in [-0.1, -0.05) is 61.4 Å². The molecule has 2 fully saturated rings. The highest BCUT2D eigenvalue weighted by atomic mass is 16.5. The van der Waals surface area contributed by atoms with Crippen molar-refractivity contribution in [1.82, 2.24) is 15.2 Å². The van der Waals surface area contributed by atoms with Crippen LogP contribution in [0.4, 0.5) is 5.69 Å². The minimum Gasteiger partial charge on any atom is -0.479 e. The smallest absolute Gasteiger partial charge is 0.330 e. The SMILES string of the molecule is O=C1N[C@]2(C(=O)O)C[C@@H]2/C=C\CCCCC[C@H](Nc2ccccc2)C(=O)N2C[C@H](Oc3ccc4ccccc4n3)C[C@@H]12. The zero-order chi connectivity index (χ0) is 29.1. The number of amides is 2. The van der Waals surface area contributed by atoms with E-state index in [4.69, 9.17) is 4.74 Å². The lowest BCUT2D eigenvalue weighted by molar-refractivity contribution is -0.145. The topological polar surface area (TPSA) is 121 Å². The fourth-order valence-corrected chi connectivity index (χ4v) is 6.17. The molecule has 2 aliphatic heterocycles. The fourth-order valence-electron chi connectivity index (χ4n) is 6.17. The highest BCUT2D eigenvalue weighted by Crippen LogP contribution is 2.45. The van der Waals surface area contributed by atoms with Crippen LogP contribution in [0, 0.1) is 5.92 Å². The van der Waals surface area contributed by atoms with Crippen LogP contribution in [0.2, 0.25) is 0 Å².